The van der Waals surface area contributed by atoms with Gasteiger partial charge in [0.1, 0.15) is 4.88 Å². The minimum Gasteiger partial charge on any atom is -0.477 e. The van der Waals surface area contributed by atoms with Crippen molar-refractivity contribution < 1.29 is 9.90 Å². The van der Waals surface area contributed by atoms with Gasteiger partial charge < -0.3 is 10.8 Å². The number of nitrogens with two attached hydrogens (primary N) is 1. The zero-order valence-electron chi connectivity index (χ0n) is 7.82. The third-order valence-corrected chi connectivity index (χ3v) is 3.76. The number of thiophene rings is 1. The van der Waals surface area contributed by atoms with Gasteiger partial charge in [0, 0.05) is 10.9 Å². The molecular formula is C10H13NO2S. The highest BCUT2D eigenvalue weighted by Crippen LogP contribution is 2.28. The fraction of sp³-hybridized carbons (Fsp3) is 0.500. The van der Waals surface area contributed by atoms with E-state index in [0.717, 1.165) is 25.7 Å². The summed E-state index contributed by atoms with van der Waals surface area (Å²) in [5, 5.41) is 8.85. The van der Waals surface area contributed by atoms with E-state index < -0.39 is 5.97 Å². The predicted molar refractivity (Wildman–Crippen MR) is 55.9 cm³/mol. The van der Waals surface area contributed by atoms with Crippen molar-refractivity contribution in [2.75, 3.05) is 0 Å². The lowest BCUT2D eigenvalue weighted by Crippen LogP contribution is -2.20. The van der Waals surface area contributed by atoms with Crippen molar-refractivity contribution in [3.05, 3.63) is 21.4 Å². The molecule has 14 heavy (non-hydrogen) atoms. The normalized spacial score (nSPS) is 21.4. The highest BCUT2D eigenvalue weighted by molar-refractivity contribution is 7.14. The van der Waals surface area contributed by atoms with Crippen LogP contribution in [0.4, 0.5) is 0 Å². The lowest BCUT2D eigenvalue weighted by Gasteiger charge is -2.04. The van der Waals surface area contributed by atoms with Crippen LogP contribution in [-0.4, -0.2) is 17.1 Å². The van der Waals surface area contributed by atoms with Crippen molar-refractivity contribution in [3.8, 4) is 0 Å². The molecule has 1 unspecified atom stereocenters. The number of aryl methyl sites for hydroxylation is 1. The van der Waals surface area contributed by atoms with Gasteiger partial charge in [0.15, 0.2) is 0 Å². The molecule has 1 aliphatic carbocycles. The van der Waals surface area contributed by atoms with Gasteiger partial charge >= 0.3 is 5.97 Å². The van der Waals surface area contributed by atoms with Gasteiger partial charge in [-0.15, -0.1) is 11.3 Å². The number of rotatable bonds is 1. The summed E-state index contributed by atoms with van der Waals surface area (Å²) in [6, 6.07) is 2.01. The molecule has 2 rings (SSSR count). The van der Waals surface area contributed by atoms with Gasteiger partial charge in [-0.3, -0.25) is 0 Å². The number of fused-ring (bicyclic) bond motifs is 1. The zero-order chi connectivity index (χ0) is 10.1. The number of hydrogen-bond donors (Lipinski definition) is 2. The lowest BCUT2D eigenvalue weighted by molar-refractivity contribution is 0.0702. The van der Waals surface area contributed by atoms with Gasteiger partial charge in [0.05, 0.1) is 0 Å². The number of carboxylic acid groups (broad SMARTS) is 1. The average Bonchev–Trinajstić information content (AvgIpc) is 2.42. The summed E-state index contributed by atoms with van der Waals surface area (Å²) in [7, 11) is 0. The summed E-state index contributed by atoms with van der Waals surface area (Å²) >= 11 is 1.38. The van der Waals surface area contributed by atoms with Crippen LogP contribution in [0.15, 0.2) is 6.07 Å². The van der Waals surface area contributed by atoms with Gasteiger partial charge in [-0.1, -0.05) is 0 Å². The van der Waals surface area contributed by atoms with Crippen molar-refractivity contribution >= 4 is 17.3 Å². The fourth-order valence-electron chi connectivity index (χ4n) is 1.85. The first-order valence-corrected chi connectivity index (χ1v) is 5.59. The molecule has 0 amide bonds. The molecule has 1 aliphatic rings. The molecule has 1 heterocycles. The van der Waals surface area contributed by atoms with Crippen LogP contribution in [0.3, 0.4) is 0 Å². The molecule has 0 fully saturated rings. The SMILES string of the molecule is NC1CCCc2cc(C(=O)O)sc2C1. The molecule has 0 radical (unpaired) electrons. The predicted octanol–water partition coefficient (Wildman–Crippen LogP) is 1.65. The minimum atomic E-state index is -0.823. The summed E-state index contributed by atoms with van der Waals surface area (Å²) in [5.41, 5.74) is 7.09. The second-order valence-corrected chi connectivity index (χ2v) is 4.86. The van der Waals surface area contributed by atoms with Crippen LogP contribution >= 0.6 is 11.3 Å². The third-order valence-electron chi connectivity index (χ3n) is 2.58. The van der Waals surface area contributed by atoms with Gasteiger partial charge in [0.2, 0.25) is 0 Å². The molecule has 0 saturated heterocycles. The van der Waals surface area contributed by atoms with Crippen LogP contribution in [0.25, 0.3) is 0 Å². The van der Waals surface area contributed by atoms with E-state index >= 15 is 0 Å². The first-order chi connectivity index (χ1) is 6.66. The van der Waals surface area contributed by atoms with Gasteiger partial charge in [-0.05, 0) is 37.3 Å². The third kappa shape index (κ3) is 1.81. The van der Waals surface area contributed by atoms with Crippen LogP contribution in [0.5, 0.6) is 0 Å². The zero-order valence-corrected chi connectivity index (χ0v) is 8.64. The van der Waals surface area contributed by atoms with Crippen LogP contribution in [-0.2, 0) is 12.8 Å². The van der Waals surface area contributed by atoms with Crippen LogP contribution < -0.4 is 5.73 Å². The Balaban J connectivity index is 2.31. The van der Waals surface area contributed by atoms with Gasteiger partial charge in [-0.2, -0.15) is 0 Å². The molecule has 1 atom stereocenters. The average molecular weight is 211 g/mol. The first kappa shape index (κ1) is 9.68. The second-order valence-electron chi connectivity index (χ2n) is 3.72. The molecule has 0 aliphatic heterocycles. The summed E-state index contributed by atoms with van der Waals surface area (Å²) < 4.78 is 0. The van der Waals surface area contributed by atoms with Crippen molar-refractivity contribution in [1.29, 1.82) is 0 Å². The lowest BCUT2D eigenvalue weighted by atomic mass is 10.1. The Bertz CT molecular complexity index is 359. The largest absolute Gasteiger partial charge is 0.477 e. The Hall–Kier alpha value is -0.870. The standard InChI is InChI=1S/C10H13NO2S/c11-7-3-1-2-6-4-9(10(12)13)14-8(6)5-7/h4,7H,1-3,5,11H2,(H,12,13). The summed E-state index contributed by atoms with van der Waals surface area (Å²) in [4.78, 5) is 12.4. The maximum Gasteiger partial charge on any atom is 0.345 e. The van der Waals surface area contributed by atoms with Crippen molar-refractivity contribution in [2.45, 2.75) is 31.7 Å². The second kappa shape index (κ2) is 3.71. The quantitative estimate of drug-likeness (QED) is 0.694. The van der Waals surface area contributed by atoms with Crippen LogP contribution in [0.2, 0.25) is 0 Å². The molecule has 0 bridgehead atoms. The molecular weight excluding hydrogens is 198 g/mol. The summed E-state index contributed by atoms with van der Waals surface area (Å²) in [5.74, 6) is -0.823. The molecule has 3 N–H and O–H groups in total. The molecule has 4 heteroatoms. The van der Waals surface area contributed by atoms with Crippen molar-refractivity contribution in [1.82, 2.24) is 0 Å². The minimum absolute atomic E-state index is 0.205. The van der Waals surface area contributed by atoms with Crippen LogP contribution in [0.1, 0.15) is 33.0 Å². The first-order valence-electron chi connectivity index (χ1n) is 4.77. The molecule has 76 valence electrons. The van der Waals surface area contributed by atoms with Crippen molar-refractivity contribution in [2.24, 2.45) is 5.73 Å². The molecule has 0 spiro atoms. The Morgan fingerprint density at radius 3 is 3.14 bits per heavy atom. The number of hydrogen-bond acceptors (Lipinski definition) is 3. The van der Waals surface area contributed by atoms with E-state index in [1.165, 1.54) is 21.8 Å². The Morgan fingerprint density at radius 1 is 1.64 bits per heavy atom. The molecule has 1 aromatic rings. The van der Waals surface area contributed by atoms with Gasteiger partial charge in [-0.25, -0.2) is 4.79 Å². The number of carbonyl (C=O) groups is 1. The monoisotopic (exact) mass is 211 g/mol. The smallest absolute Gasteiger partial charge is 0.345 e. The summed E-state index contributed by atoms with van der Waals surface area (Å²) in [6.45, 7) is 0. The van der Waals surface area contributed by atoms with E-state index in [1.54, 1.807) is 6.07 Å². The topological polar surface area (TPSA) is 63.3 Å². The number of aromatic carboxylic acids is 1. The van der Waals surface area contributed by atoms with E-state index in [-0.39, 0.29) is 6.04 Å². The Kier molecular flexibility index (Phi) is 2.56. The van der Waals surface area contributed by atoms with E-state index in [9.17, 15) is 4.79 Å². The Morgan fingerprint density at radius 2 is 2.43 bits per heavy atom. The maximum atomic E-state index is 10.8. The molecule has 0 saturated carbocycles. The van der Waals surface area contributed by atoms with Gasteiger partial charge in [0.25, 0.3) is 0 Å². The fourth-order valence-corrected chi connectivity index (χ4v) is 2.99. The van der Waals surface area contributed by atoms with E-state index in [0.29, 0.717) is 4.88 Å². The van der Waals surface area contributed by atoms with E-state index in [2.05, 4.69) is 0 Å². The van der Waals surface area contributed by atoms with E-state index in [1.807, 2.05) is 0 Å². The maximum absolute atomic E-state index is 10.8. The molecule has 3 nitrogen and oxygen atoms in total. The highest BCUT2D eigenvalue weighted by Gasteiger charge is 2.18. The molecule has 1 aromatic heterocycles. The number of carboxylic acids is 1. The van der Waals surface area contributed by atoms with E-state index in [4.69, 9.17) is 10.8 Å². The van der Waals surface area contributed by atoms with Crippen LogP contribution in [0, 0.1) is 0 Å². The Labute approximate surface area is 86.6 Å². The summed E-state index contributed by atoms with van der Waals surface area (Å²) in [6.07, 6.45) is 3.94. The highest BCUT2D eigenvalue weighted by atomic mass is 32.1. The molecule has 0 aromatic carbocycles. The van der Waals surface area contributed by atoms with Crippen molar-refractivity contribution in [3.63, 3.8) is 0 Å².